The van der Waals surface area contributed by atoms with Crippen LogP contribution in [0.5, 0.6) is 5.88 Å². The van der Waals surface area contributed by atoms with Crippen molar-refractivity contribution in [1.82, 2.24) is 15.2 Å². The molecular formula is C30H32N4O2. The zero-order valence-electron chi connectivity index (χ0n) is 20.6. The predicted octanol–water partition coefficient (Wildman–Crippen LogP) is 5.78. The number of rotatable bonds is 7. The van der Waals surface area contributed by atoms with Gasteiger partial charge in [0, 0.05) is 35.1 Å². The molecule has 6 heteroatoms. The highest BCUT2D eigenvalue weighted by molar-refractivity contribution is 6.22. The predicted molar refractivity (Wildman–Crippen MR) is 145 cm³/mol. The van der Waals surface area contributed by atoms with E-state index in [9.17, 15) is 9.90 Å². The highest BCUT2D eigenvalue weighted by atomic mass is 16.3. The summed E-state index contributed by atoms with van der Waals surface area (Å²) < 4.78 is 0. The molecule has 0 radical (unpaired) electrons. The molecule has 1 fully saturated rings. The average Bonchev–Trinajstić information content (AvgIpc) is 3.24. The molecule has 5 rings (SSSR count). The van der Waals surface area contributed by atoms with E-state index in [1.54, 1.807) is 12.1 Å². The number of aromatic hydroxyl groups is 1. The van der Waals surface area contributed by atoms with Crippen molar-refractivity contribution in [1.29, 1.82) is 0 Å². The van der Waals surface area contributed by atoms with Gasteiger partial charge in [-0.1, -0.05) is 55.0 Å². The van der Waals surface area contributed by atoms with Gasteiger partial charge in [0.05, 0.1) is 17.0 Å². The summed E-state index contributed by atoms with van der Waals surface area (Å²) in [6.07, 6.45) is 3.89. The van der Waals surface area contributed by atoms with Gasteiger partial charge in [0.1, 0.15) is 0 Å². The minimum absolute atomic E-state index is 0.0300. The third-order valence-electron chi connectivity index (χ3n) is 6.69. The van der Waals surface area contributed by atoms with Crippen molar-refractivity contribution < 1.29 is 9.90 Å². The lowest BCUT2D eigenvalue weighted by Gasteiger charge is -2.26. The highest BCUT2D eigenvalue weighted by Gasteiger charge is 2.20. The van der Waals surface area contributed by atoms with E-state index in [0.29, 0.717) is 28.9 Å². The standard InChI is InChI=1S/C30H32N4O2/c1-2-31-29(35)23-13-16-25-26(19-23)33-30(36)27(25)28(22-9-5-3-6-10-22)32-24-14-11-21(12-15-24)20-34-17-7-4-8-18-34/h3,5-6,9-16,19,33,36H,2,4,7-8,17-18,20H2,1H3,(H,31,35). The quantitative estimate of drug-likeness (QED) is 0.293. The van der Waals surface area contributed by atoms with E-state index in [4.69, 9.17) is 4.99 Å². The number of hydrogen-bond acceptors (Lipinski definition) is 4. The topological polar surface area (TPSA) is 80.7 Å². The van der Waals surface area contributed by atoms with E-state index in [1.807, 2.05) is 55.5 Å². The van der Waals surface area contributed by atoms with Crippen LogP contribution in [0.3, 0.4) is 0 Å². The van der Waals surface area contributed by atoms with Gasteiger partial charge in [-0.3, -0.25) is 9.69 Å². The second-order valence-electron chi connectivity index (χ2n) is 9.30. The van der Waals surface area contributed by atoms with Gasteiger partial charge in [-0.2, -0.15) is 0 Å². The molecular weight excluding hydrogens is 448 g/mol. The summed E-state index contributed by atoms with van der Waals surface area (Å²) in [4.78, 5) is 22.9. The first-order valence-corrected chi connectivity index (χ1v) is 12.7. The first-order chi connectivity index (χ1) is 17.6. The van der Waals surface area contributed by atoms with Crippen molar-refractivity contribution in [2.75, 3.05) is 19.6 Å². The average molecular weight is 481 g/mol. The summed E-state index contributed by atoms with van der Waals surface area (Å²) in [5, 5.41) is 14.6. The van der Waals surface area contributed by atoms with Crippen LogP contribution >= 0.6 is 0 Å². The zero-order chi connectivity index (χ0) is 24.9. The Labute approximate surface area is 211 Å². The summed E-state index contributed by atoms with van der Waals surface area (Å²) in [6.45, 7) is 5.74. The number of aromatic nitrogens is 1. The van der Waals surface area contributed by atoms with Crippen LogP contribution < -0.4 is 5.32 Å². The number of aliphatic imine (C=N–C) groups is 1. The fourth-order valence-electron chi connectivity index (χ4n) is 4.87. The molecule has 3 N–H and O–H groups in total. The van der Waals surface area contributed by atoms with Gasteiger partial charge in [-0.25, -0.2) is 4.99 Å². The maximum atomic E-state index is 12.3. The van der Waals surface area contributed by atoms with Gasteiger partial charge in [-0.15, -0.1) is 0 Å². The van der Waals surface area contributed by atoms with Crippen LogP contribution in [-0.4, -0.2) is 46.2 Å². The lowest BCUT2D eigenvalue weighted by atomic mass is 10.00. The number of aromatic amines is 1. The monoisotopic (exact) mass is 480 g/mol. The summed E-state index contributed by atoms with van der Waals surface area (Å²) in [5.41, 5.74) is 5.53. The van der Waals surface area contributed by atoms with Gasteiger partial charge in [0.15, 0.2) is 5.88 Å². The number of benzene rings is 3. The van der Waals surface area contributed by atoms with E-state index in [0.717, 1.165) is 23.2 Å². The summed E-state index contributed by atoms with van der Waals surface area (Å²) >= 11 is 0. The largest absolute Gasteiger partial charge is 0.494 e. The second kappa shape index (κ2) is 10.8. The number of H-pyrrole nitrogens is 1. The fourth-order valence-corrected chi connectivity index (χ4v) is 4.87. The summed E-state index contributed by atoms with van der Waals surface area (Å²) in [6, 6.07) is 23.7. The van der Waals surface area contributed by atoms with Crippen molar-refractivity contribution in [2.45, 2.75) is 32.7 Å². The Bertz CT molecular complexity index is 1370. The lowest BCUT2D eigenvalue weighted by molar-refractivity contribution is 0.0956. The maximum absolute atomic E-state index is 12.3. The molecule has 0 saturated carbocycles. The van der Waals surface area contributed by atoms with Crippen LogP contribution in [-0.2, 0) is 6.54 Å². The van der Waals surface area contributed by atoms with Crippen molar-refractivity contribution in [3.05, 3.63) is 95.1 Å². The number of fused-ring (bicyclic) bond motifs is 1. The number of amides is 1. The Morgan fingerprint density at radius 3 is 2.44 bits per heavy atom. The SMILES string of the molecule is CCNC(=O)c1ccc2c(C(=Nc3ccc(CN4CCCCC4)cc3)c3ccccc3)c(O)[nH]c2c1. The van der Waals surface area contributed by atoms with Gasteiger partial charge in [-0.05, 0) is 62.7 Å². The van der Waals surface area contributed by atoms with Gasteiger partial charge >= 0.3 is 0 Å². The van der Waals surface area contributed by atoms with E-state index in [2.05, 4.69) is 27.3 Å². The number of nitrogens with zero attached hydrogens (tertiary/aromatic N) is 2. The Morgan fingerprint density at radius 2 is 1.72 bits per heavy atom. The molecule has 6 nitrogen and oxygen atoms in total. The molecule has 3 aromatic carbocycles. The molecule has 184 valence electrons. The molecule has 0 unspecified atom stereocenters. The third kappa shape index (κ3) is 5.19. The Kier molecular flexibility index (Phi) is 7.14. The van der Waals surface area contributed by atoms with Crippen LogP contribution in [0.1, 0.15) is 53.2 Å². The van der Waals surface area contributed by atoms with E-state index in [-0.39, 0.29) is 11.8 Å². The second-order valence-corrected chi connectivity index (χ2v) is 9.30. The van der Waals surface area contributed by atoms with Crippen LogP contribution in [0, 0.1) is 0 Å². The molecule has 0 atom stereocenters. The third-order valence-corrected chi connectivity index (χ3v) is 6.69. The molecule has 1 aliphatic rings. The van der Waals surface area contributed by atoms with Crippen LogP contribution in [0.15, 0.2) is 77.8 Å². The molecule has 1 aliphatic heterocycles. The Balaban J connectivity index is 1.52. The number of likely N-dealkylation sites (tertiary alicyclic amines) is 1. The van der Waals surface area contributed by atoms with Gasteiger partial charge < -0.3 is 15.4 Å². The number of carbonyl (C=O) groups excluding carboxylic acids is 1. The molecule has 4 aromatic rings. The first kappa shape index (κ1) is 23.8. The van der Waals surface area contributed by atoms with Crippen LogP contribution in [0.4, 0.5) is 5.69 Å². The normalized spacial score (nSPS) is 14.8. The smallest absolute Gasteiger partial charge is 0.251 e. The molecule has 0 aliphatic carbocycles. The summed E-state index contributed by atoms with van der Waals surface area (Å²) in [7, 11) is 0. The maximum Gasteiger partial charge on any atom is 0.251 e. The zero-order valence-corrected chi connectivity index (χ0v) is 20.6. The molecule has 36 heavy (non-hydrogen) atoms. The fraction of sp³-hybridized carbons (Fsp3) is 0.267. The first-order valence-electron chi connectivity index (χ1n) is 12.7. The van der Waals surface area contributed by atoms with Crippen molar-refractivity contribution in [3.63, 3.8) is 0 Å². The highest BCUT2D eigenvalue weighted by Crippen LogP contribution is 2.32. The lowest BCUT2D eigenvalue weighted by Crippen LogP contribution is -2.28. The van der Waals surface area contributed by atoms with Crippen molar-refractivity contribution in [2.24, 2.45) is 4.99 Å². The molecule has 2 heterocycles. The van der Waals surface area contributed by atoms with Crippen molar-refractivity contribution in [3.8, 4) is 5.88 Å². The minimum Gasteiger partial charge on any atom is -0.494 e. The molecule has 1 aromatic heterocycles. The number of piperidine rings is 1. The van der Waals surface area contributed by atoms with Crippen LogP contribution in [0.25, 0.3) is 10.9 Å². The van der Waals surface area contributed by atoms with Crippen LogP contribution in [0.2, 0.25) is 0 Å². The molecule has 1 amide bonds. The van der Waals surface area contributed by atoms with E-state index in [1.165, 1.54) is 37.9 Å². The number of hydrogen-bond donors (Lipinski definition) is 3. The molecule has 0 bridgehead atoms. The summed E-state index contributed by atoms with van der Waals surface area (Å²) in [5.74, 6) is -0.112. The number of carbonyl (C=O) groups is 1. The number of nitrogens with one attached hydrogen (secondary N) is 2. The molecule has 1 saturated heterocycles. The van der Waals surface area contributed by atoms with E-state index >= 15 is 0 Å². The molecule has 0 spiro atoms. The van der Waals surface area contributed by atoms with Gasteiger partial charge in [0.25, 0.3) is 5.91 Å². The van der Waals surface area contributed by atoms with E-state index < -0.39 is 0 Å². The van der Waals surface area contributed by atoms with Gasteiger partial charge in [0.2, 0.25) is 0 Å². The van der Waals surface area contributed by atoms with Crippen molar-refractivity contribution >= 4 is 28.2 Å². The Hall–Kier alpha value is -3.90. The Morgan fingerprint density at radius 1 is 0.972 bits per heavy atom. The minimum atomic E-state index is -0.142.